The van der Waals surface area contributed by atoms with E-state index in [1.807, 2.05) is 23.1 Å². The largest absolute Gasteiger partial charge is 0.463 e. The smallest absolute Gasteiger partial charge is 0.253 e. The van der Waals surface area contributed by atoms with E-state index in [9.17, 15) is 4.79 Å². The molecule has 1 saturated heterocycles. The van der Waals surface area contributed by atoms with Crippen molar-refractivity contribution in [1.82, 2.24) is 4.90 Å². The number of carbonyl (C=O) groups is 1. The second-order valence-electron chi connectivity index (χ2n) is 4.65. The topological polar surface area (TPSA) is 33.5 Å². The zero-order valence-corrected chi connectivity index (χ0v) is 11.6. The van der Waals surface area contributed by atoms with Gasteiger partial charge in [0.1, 0.15) is 11.8 Å². The molecule has 3 rings (SSSR count). The molecule has 0 spiro atoms. The number of furan rings is 1. The number of halogens is 1. The van der Waals surface area contributed by atoms with Crippen molar-refractivity contribution < 1.29 is 9.21 Å². The first-order valence-corrected chi connectivity index (χ1v) is 7.01. The summed E-state index contributed by atoms with van der Waals surface area (Å²) in [5, 5.41) is 1.00. The van der Waals surface area contributed by atoms with Gasteiger partial charge >= 0.3 is 0 Å². The maximum absolute atomic E-state index is 12.3. The van der Waals surface area contributed by atoms with Crippen LogP contribution in [0.1, 0.15) is 29.6 Å². The number of hydrogen-bond donors (Lipinski definition) is 0. The highest BCUT2D eigenvalue weighted by Gasteiger charge is 2.18. The quantitative estimate of drug-likeness (QED) is 0.802. The summed E-state index contributed by atoms with van der Waals surface area (Å²) in [6.45, 7) is 1.75. The number of carbonyl (C=O) groups excluding carboxylic acids is 1. The lowest BCUT2D eigenvalue weighted by Crippen LogP contribution is -2.35. The Morgan fingerprint density at radius 1 is 1.22 bits per heavy atom. The molecule has 2 aromatic rings. The van der Waals surface area contributed by atoms with Crippen LogP contribution < -0.4 is 0 Å². The number of fused-ring (bicyclic) bond motifs is 1. The number of benzene rings is 1. The summed E-state index contributed by atoms with van der Waals surface area (Å²) in [5.74, 6) is 0.115. The summed E-state index contributed by atoms with van der Waals surface area (Å²) in [7, 11) is 0. The molecule has 0 saturated carbocycles. The highest BCUT2D eigenvalue weighted by molar-refractivity contribution is 9.10. The molecule has 1 aliphatic heterocycles. The van der Waals surface area contributed by atoms with Gasteiger partial charge in [-0.3, -0.25) is 4.79 Å². The maximum Gasteiger partial charge on any atom is 0.253 e. The molecule has 0 bridgehead atoms. The molecule has 0 radical (unpaired) electrons. The molecule has 4 heteroatoms. The first-order chi connectivity index (χ1) is 8.75. The van der Waals surface area contributed by atoms with Gasteiger partial charge in [-0.05, 0) is 53.4 Å². The molecule has 94 valence electrons. The first-order valence-electron chi connectivity index (χ1n) is 6.22. The van der Waals surface area contributed by atoms with Crippen LogP contribution in [0.4, 0.5) is 0 Å². The van der Waals surface area contributed by atoms with E-state index in [4.69, 9.17) is 4.42 Å². The van der Waals surface area contributed by atoms with Crippen LogP contribution in [0, 0.1) is 0 Å². The number of hydrogen-bond acceptors (Lipinski definition) is 2. The summed E-state index contributed by atoms with van der Waals surface area (Å²) in [6, 6.07) is 5.64. The van der Waals surface area contributed by atoms with E-state index in [0.29, 0.717) is 5.56 Å². The lowest BCUT2D eigenvalue weighted by atomic mass is 10.1. The second-order valence-corrected chi connectivity index (χ2v) is 5.50. The predicted molar refractivity (Wildman–Crippen MR) is 73.7 cm³/mol. The summed E-state index contributed by atoms with van der Waals surface area (Å²) in [4.78, 5) is 14.3. The van der Waals surface area contributed by atoms with Crippen LogP contribution in [0.25, 0.3) is 11.0 Å². The van der Waals surface area contributed by atoms with Crippen molar-refractivity contribution in [3.05, 3.63) is 34.5 Å². The molecular formula is C14H14BrNO2. The van der Waals surface area contributed by atoms with Crippen LogP contribution in [-0.4, -0.2) is 23.9 Å². The van der Waals surface area contributed by atoms with Crippen molar-refractivity contribution in [3.63, 3.8) is 0 Å². The van der Waals surface area contributed by atoms with Crippen molar-refractivity contribution in [3.8, 4) is 0 Å². The molecule has 3 nitrogen and oxygen atoms in total. The number of nitrogens with zero attached hydrogens (tertiary/aromatic N) is 1. The minimum atomic E-state index is 0.115. The second kappa shape index (κ2) is 4.76. The Labute approximate surface area is 114 Å². The SMILES string of the molecule is O=C(c1ccc2c(Br)coc2c1)N1CCCCC1. The third-order valence-corrected chi connectivity index (χ3v) is 4.03. The Kier molecular flexibility index (Phi) is 3.12. The molecular weight excluding hydrogens is 294 g/mol. The average Bonchev–Trinajstić information content (AvgIpc) is 2.80. The van der Waals surface area contributed by atoms with E-state index < -0.39 is 0 Å². The van der Waals surface area contributed by atoms with Gasteiger partial charge in [-0.25, -0.2) is 0 Å². The molecule has 18 heavy (non-hydrogen) atoms. The number of piperidine rings is 1. The Balaban J connectivity index is 1.91. The predicted octanol–water partition coefficient (Wildman–Crippen LogP) is 3.82. The molecule has 1 aliphatic rings. The van der Waals surface area contributed by atoms with Crippen molar-refractivity contribution in [1.29, 1.82) is 0 Å². The van der Waals surface area contributed by atoms with Crippen LogP contribution in [0.3, 0.4) is 0 Å². The maximum atomic E-state index is 12.3. The van der Waals surface area contributed by atoms with E-state index in [2.05, 4.69) is 15.9 Å². The summed E-state index contributed by atoms with van der Waals surface area (Å²) >= 11 is 3.42. The monoisotopic (exact) mass is 307 g/mol. The summed E-state index contributed by atoms with van der Waals surface area (Å²) in [5.41, 5.74) is 1.47. The van der Waals surface area contributed by atoms with Crippen molar-refractivity contribution in [2.24, 2.45) is 0 Å². The minimum absolute atomic E-state index is 0.115. The van der Waals surface area contributed by atoms with Crippen molar-refractivity contribution >= 4 is 32.8 Å². The van der Waals surface area contributed by atoms with Crippen LogP contribution >= 0.6 is 15.9 Å². The Morgan fingerprint density at radius 3 is 2.78 bits per heavy atom. The van der Waals surface area contributed by atoms with Gasteiger partial charge in [0, 0.05) is 24.0 Å². The van der Waals surface area contributed by atoms with E-state index in [-0.39, 0.29) is 5.91 Å². The van der Waals surface area contributed by atoms with Gasteiger partial charge in [0.2, 0.25) is 0 Å². The summed E-state index contributed by atoms with van der Waals surface area (Å²) < 4.78 is 6.33. The van der Waals surface area contributed by atoms with Crippen LogP contribution in [0.2, 0.25) is 0 Å². The Hall–Kier alpha value is -1.29. The molecule has 1 aromatic carbocycles. The molecule has 0 atom stereocenters. The average molecular weight is 308 g/mol. The molecule has 0 aliphatic carbocycles. The Morgan fingerprint density at radius 2 is 2.00 bits per heavy atom. The van der Waals surface area contributed by atoms with Crippen LogP contribution in [-0.2, 0) is 0 Å². The lowest BCUT2D eigenvalue weighted by Gasteiger charge is -2.26. The number of rotatable bonds is 1. The van der Waals surface area contributed by atoms with E-state index in [1.165, 1.54) is 6.42 Å². The number of likely N-dealkylation sites (tertiary alicyclic amines) is 1. The fourth-order valence-corrected chi connectivity index (χ4v) is 2.83. The zero-order valence-electron chi connectivity index (χ0n) is 9.99. The third-order valence-electron chi connectivity index (χ3n) is 3.42. The normalized spacial score (nSPS) is 16.2. The first kappa shape index (κ1) is 11.8. The van der Waals surface area contributed by atoms with Gasteiger partial charge in [-0.15, -0.1) is 0 Å². The third kappa shape index (κ3) is 2.05. The molecule has 0 unspecified atom stereocenters. The van der Waals surface area contributed by atoms with Gasteiger partial charge in [-0.2, -0.15) is 0 Å². The number of amides is 1. The minimum Gasteiger partial charge on any atom is -0.463 e. The van der Waals surface area contributed by atoms with Gasteiger partial charge < -0.3 is 9.32 Å². The molecule has 1 amide bonds. The fourth-order valence-electron chi connectivity index (χ4n) is 2.41. The molecule has 1 aromatic heterocycles. The van der Waals surface area contributed by atoms with Gasteiger partial charge in [-0.1, -0.05) is 0 Å². The van der Waals surface area contributed by atoms with Crippen LogP contribution in [0.5, 0.6) is 0 Å². The Bertz CT molecular complexity index is 584. The van der Waals surface area contributed by atoms with E-state index in [1.54, 1.807) is 6.26 Å². The molecule has 2 heterocycles. The zero-order chi connectivity index (χ0) is 12.5. The van der Waals surface area contributed by atoms with Gasteiger partial charge in [0.15, 0.2) is 0 Å². The van der Waals surface area contributed by atoms with Gasteiger partial charge in [0.25, 0.3) is 5.91 Å². The van der Waals surface area contributed by atoms with Crippen molar-refractivity contribution in [2.75, 3.05) is 13.1 Å². The van der Waals surface area contributed by atoms with Gasteiger partial charge in [0.05, 0.1) is 4.47 Å². The van der Waals surface area contributed by atoms with E-state index >= 15 is 0 Å². The standard InChI is InChI=1S/C14H14BrNO2/c15-12-9-18-13-8-10(4-5-11(12)13)14(17)16-6-2-1-3-7-16/h4-5,8-9H,1-3,6-7H2. The summed E-state index contributed by atoms with van der Waals surface area (Å²) in [6.07, 6.45) is 5.11. The van der Waals surface area contributed by atoms with Crippen LogP contribution in [0.15, 0.2) is 33.4 Å². The molecule has 0 N–H and O–H groups in total. The lowest BCUT2D eigenvalue weighted by molar-refractivity contribution is 0.0724. The van der Waals surface area contributed by atoms with Crippen molar-refractivity contribution in [2.45, 2.75) is 19.3 Å². The fraction of sp³-hybridized carbons (Fsp3) is 0.357. The highest BCUT2D eigenvalue weighted by Crippen LogP contribution is 2.27. The molecule has 1 fully saturated rings. The van der Waals surface area contributed by atoms with E-state index in [0.717, 1.165) is 41.4 Å². The highest BCUT2D eigenvalue weighted by atomic mass is 79.9.